The largest absolute Gasteiger partial charge is 0.348 e. The fourth-order valence-electron chi connectivity index (χ4n) is 3.28. The van der Waals surface area contributed by atoms with Crippen LogP contribution in [0, 0.1) is 0 Å². The number of H-pyrrole nitrogens is 1. The van der Waals surface area contributed by atoms with Gasteiger partial charge in [0.15, 0.2) is 0 Å². The number of hydrogen-bond acceptors (Lipinski definition) is 3. The predicted molar refractivity (Wildman–Crippen MR) is 105 cm³/mol. The maximum absolute atomic E-state index is 12.8. The highest BCUT2D eigenvalue weighted by molar-refractivity contribution is 6.08. The lowest BCUT2D eigenvalue weighted by atomic mass is 10.1. The number of aryl methyl sites for hydroxylation is 2. The van der Waals surface area contributed by atoms with Crippen molar-refractivity contribution in [3.05, 3.63) is 71.7 Å². The summed E-state index contributed by atoms with van der Waals surface area (Å²) in [7, 11) is 1.85. The van der Waals surface area contributed by atoms with E-state index in [9.17, 15) is 4.79 Å². The minimum Gasteiger partial charge on any atom is -0.348 e. The van der Waals surface area contributed by atoms with E-state index in [1.165, 1.54) is 5.56 Å². The van der Waals surface area contributed by atoms with Crippen molar-refractivity contribution in [2.45, 2.75) is 19.9 Å². The molecule has 6 nitrogen and oxygen atoms in total. The zero-order chi connectivity index (χ0) is 18.8. The Morgan fingerprint density at radius 1 is 1.15 bits per heavy atom. The number of hydrogen-bond donors (Lipinski definition) is 2. The van der Waals surface area contributed by atoms with Crippen LogP contribution in [0.15, 0.2) is 55.0 Å². The molecule has 0 aliphatic heterocycles. The monoisotopic (exact) mass is 359 g/mol. The Hall–Kier alpha value is -3.41. The highest BCUT2D eigenvalue weighted by Crippen LogP contribution is 2.28. The molecule has 6 heteroatoms. The number of carbonyl (C=O) groups excluding carboxylic acids is 1. The first-order chi connectivity index (χ1) is 13.2. The topological polar surface area (TPSA) is 75.6 Å². The van der Waals surface area contributed by atoms with Gasteiger partial charge in [0, 0.05) is 19.0 Å². The summed E-state index contributed by atoms with van der Waals surface area (Å²) in [6.45, 7) is 2.62. The summed E-state index contributed by atoms with van der Waals surface area (Å²) in [6, 6.07) is 14.0. The molecule has 0 aliphatic carbocycles. The number of rotatable bonds is 5. The van der Waals surface area contributed by atoms with Crippen molar-refractivity contribution in [1.29, 1.82) is 0 Å². The molecule has 0 saturated carbocycles. The Balaban J connectivity index is 1.62. The standard InChI is InChI=1S/C21H21N5O/c1-3-14-7-9-15(10-8-14)11-23-21(27)17-6-4-5-16-19(18-12-22-13-24-18)25-26(2)20(16)17/h4-10,12-13H,3,11H2,1-2H3,(H,22,24)(H,23,27). The molecule has 0 unspecified atom stereocenters. The maximum Gasteiger partial charge on any atom is 0.253 e. The van der Waals surface area contributed by atoms with E-state index in [0.717, 1.165) is 34.3 Å². The van der Waals surface area contributed by atoms with E-state index in [4.69, 9.17) is 0 Å². The average molecular weight is 359 g/mol. The van der Waals surface area contributed by atoms with E-state index >= 15 is 0 Å². The molecule has 0 bridgehead atoms. The number of nitrogens with one attached hydrogen (secondary N) is 2. The van der Waals surface area contributed by atoms with E-state index in [1.807, 2.05) is 25.2 Å². The lowest BCUT2D eigenvalue weighted by Gasteiger charge is -2.08. The summed E-state index contributed by atoms with van der Waals surface area (Å²) in [4.78, 5) is 20.0. The fourth-order valence-corrected chi connectivity index (χ4v) is 3.28. The summed E-state index contributed by atoms with van der Waals surface area (Å²) in [5, 5.41) is 8.51. The molecule has 0 radical (unpaired) electrons. The number of imidazole rings is 1. The minimum absolute atomic E-state index is 0.112. The number of para-hydroxylation sites is 1. The Morgan fingerprint density at radius 3 is 2.63 bits per heavy atom. The van der Waals surface area contributed by atoms with Gasteiger partial charge in [-0.25, -0.2) is 4.98 Å². The molecule has 0 spiro atoms. The minimum atomic E-state index is -0.112. The summed E-state index contributed by atoms with van der Waals surface area (Å²) in [5.41, 5.74) is 5.40. The lowest BCUT2D eigenvalue weighted by molar-refractivity contribution is 0.0952. The van der Waals surface area contributed by atoms with E-state index in [2.05, 4.69) is 51.6 Å². The van der Waals surface area contributed by atoms with Gasteiger partial charge in [-0.15, -0.1) is 0 Å². The van der Waals surface area contributed by atoms with Gasteiger partial charge < -0.3 is 10.3 Å². The van der Waals surface area contributed by atoms with Gasteiger partial charge in [0.05, 0.1) is 29.3 Å². The van der Waals surface area contributed by atoms with Crippen LogP contribution in [0.4, 0.5) is 0 Å². The summed E-state index contributed by atoms with van der Waals surface area (Å²) >= 11 is 0. The summed E-state index contributed by atoms with van der Waals surface area (Å²) < 4.78 is 1.75. The molecule has 136 valence electrons. The predicted octanol–water partition coefficient (Wildman–Crippen LogP) is 3.46. The average Bonchev–Trinajstić information content (AvgIpc) is 3.34. The number of carbonyl (C=O) groups is 1. The molecule has 4 aromatic rings. The van der Waals surface area contributed by atoms with Crippen molar-refractivity contribution in [3.63, 3.8) is 0 Å². The van der Waals surface area contributed by atoms with Gasteiger partial charge in [0.25, 0.3) is 5.91 Å². The second-order valence-corrected chi connectivity index (χ2v) is 6.49. The normalized spacial score (nSPS) is 11.0. The third kappa shape index (κ3) is 3.21. The number of amides is 1. The van der Waals surface area contributed by atoms with Crippen LogP contribution in [0.2, 0.25) is 0 Å². The summed E-state index contributed by atoms with van der Waals surface area (Å²) in [6.07, 6.45) is 4.36. The number of benzene rings is 2. The van der Waals surface area contributed by atoms with Crippen molar-refractivity contribution in [3.8, 4) is 11.4 Å². The second-order valence-electron chi connectivity index (χ2n) is 6.49. The number of aromatic amines is 1. The molecule has 27 heavy (non-hydrogen) atoms. The van der Waals surface area contributed by atoms with Gasteiger partial charge in [0.1, 0.15) is 5.69 Å². The van der Waals surface area contributed by atoms with E-state index in [0.29, 0.717) is 12.1 Å². The van der Waals surface area contributed by atoms with Gasteiger partial charge >= 0.3 is 0 Å². The first-order valence-electron chi connectivity index (χ1n) is 8.98. The van der Waals surface area contributed by atoms with Crippen molar-refractivity contribution in [2.24, 2.45) is 7.05 Å². The molecule has 0 fully saturated rings. The van der Waals surface area contributed by atoms with Gasteiger partial charge in [-0.2, -0.15) is 5.10 Å². The van der Waals surface area contributed by atoms with Crippen LogP contribution in [-0.4, -0.2) is 25.7 Å². The lowest BCUT2D eigenvalue weighted by Crippen LogP contribution is -2.23. The highest BCUT2D eigenvalue weighted by atomic mass is 16.1. The third-order valence-corrected chi connectivity index (χ3v) is 4.75. The van der Waals surface area contributed by atoms with Crippen molar-refractivity contribution in [2.75, 3.05) is 0 Å². The van der Waals surface area contributed by atoms with Crippen LogP contribution in [-0.2, 0) is 20.0 Å². The number of aromatic nitrogens is 4. The molecular weight excluding hydrogens is 338 g/mol. The van der Waals surface area contributed by atoms with Crippen molar-refractivity contribution >= 4 is 16.8 Å². The molecule has 2 aromatic heterocycles. The molecule has 2 heterocycles. The van der Waals surface area contributed by atoms with Crippen LogP contribution in [0.25, 0.3) is 22.3 Å². The second kappa shape index (κ2) is 7.07. The number of fused-ring (bicyclic) bond motifs is 1. The zero-order valence-corrected chi connectivity index (χ0v) is 15.4. The van der Waals surface area contributed by atoms with E-state index in [-0.39, 0.29) is 5.91 Å². The Kier molecular flexibility index (Phi) is 4.46. The first-order valence-corrected chi connectivity index (χ1v) is 8.98. The first kappa shape index (κ1) is 17.0. The van der Waals surface area contributed by atoms with Gasteiger partial charge in [-0.3, -0.25) is 9.48 Å². The highest BCUT2D eigenvalue weighted by Gasteiger charge is 2.18. The van der Waals surface area contributed by atoms with Crippen LogP contribution >= 0.6 is 0 Å². The van der Waals surface area contributed by atoms with Crippen LogP contribution in [0.5, 0.6) is 0 Å². The molecule has 0 atom stereocenters. The van der Waals surface area contributed by atoms with Gasteiger partial charge in [-0.1, -0.05) is 43.3 Å². The molecule has 2 aromatic carbocycles. The number of nitrogens with zero attached hydrogens (tertiary/aromatic N) is 3. The maximum atomic E-state index is 12.8. The molecule has 4 rings (SSSR count). The zero-order valence-electron chi connectivity index (χ0n) is 15.4. The Bertz CT molecular complexity index is 1080. The van der Waals surface area contributed by atoms with Crippen LogP contribution in [0.3, 0.4) is 0 Å². The summed E-state index contributed by atoms with van der Waals surface area (Å²) in [5.74, 6) is -0.112. The molecule has 1 amide bonds. The fraction of sp³-hybridized carbons (Fsp3) is 0.190. The third-order valence-electron chi connectivity index (χ3n) is 4.75. The van der Waals surface area contributed by atoms with E-state index in [1.54, 1.807) is 17.2 Å². The quantitative estimate of drug-likeness (QED) is 0.573. The van der Waals surface area contributed by atoms with E-state index < -0.39 is 0 Å². The SMILES string of the molecule is CCc1ccc(CNC(=O)c2cccc3c(-c4cnc[nH]4)nn(C)c23)cc1. The molecule has 0 aliphatic rings. The Labute approximate surface area is 157 Å². The van der Waals surface area contributed by atoms with Crippen molar-refractivity contribution < 1.29 is 4.79 Å². The van der Waals surface area contributed by atoms with Crippen molar-refractivity contribution in [1.82, 2.24) is 25.1 Å². The molecule has 2 N–H and O–H groups in total. The van der Waals surface area contributed by atoms with Crippen LogP contribution in [0.1, 0.15) is 28.4 Å². The van der Waals surface area contributed by atoms with Gasteiger partial charge in [0.2, 0.25) is 0 Å². The van der Waals surface area contributed by atoms with Crippen LogP contribution < -0.4 is 5.32 Å². The smallest absolute Gasteiger partial charge is 0.253 e. The molecular formula is C21H21N5O. The Morgan fingerprint density at radius 2 is 1.93 bits per heavy atom. The molecule has 0 saturated heterocycles. The van der Waals surface area contributed by atoms with Gasteiger partial charge in [-0.05, 0) is 23.6 Å².